The van der Waals surface area contributed by atoms with E-state index in [2.05, 4.69) is 15.5 Å². The minimum absolute atomic E-state index is 0.334. The molecule has 5 heteroatoms. The Balaban J connectivity index is 2.80. The Hall–Kier alpha value is -2.04. The average Bonchev–Trinajstić information content (AvgIpc) is 2.30. The van der Waals surface area contributed by atoms with Gasteiger partial charge in [0.05, 0.1) is 5.69 Å². The molecule has 84 valence electrons. The van der Waals surface area contributed by atoms with Gasteiger partial charge in [0.25, 0.3) is 5.91 Å². The Kier molecular flexibility index (Phi) is 4.32. The number of hydrogen-bond acceptors (Lipinski definition) is 4. The molecule has 0 heterocycles. The van der Waals surface area contributed by atoms with Crippen LogP contribution in [0.15, 0.2) is 40.6 Å². The third-order valence-electron chi connectivity index (χ3n) is 1.92. The van der Waals surface area contributed by atoms with Gasteiger partial charge in [-0.3, -0.25) is 9.59 Å². The van der Waals surface area contributed by atoms with E-state index >= 15 is 0 Å². The van der Waals surface area contributed by atoms with Crippen LogP contribution < -0.4 is 5.32 Å². The first-order valence-corrected chi connectivity index (χ1v) is 4.83. The number of Topliss-reactive ketones (excluding diaryl/α,β-unsaturated/α-hetero) is 1. The molecule has 0 fully saturated rings. The second-order valence-electron chi connectivity index (χ2n) is 3.18. The van der Waals surface area contributed by atoms with Crippen molar-refractivity contribution >= 4 is 17.4 Å². The van der Waals surface area contributed by atoms with E-state index in [1.165, 1.54) is 14.0 Å². The molecular formula is C11H13N3O2. The van der Waals surface area contributed by atoms with Crippen LogP contribution in [-0.4, -0.2) is 24.8 Å². The Labute approximate surface area is 93.6 Å². The zero-order valence-corrected chi connectivity index (χ0v) is 9.18. The highest BCUT2D eigenvalue weighted by Crippen LogP contribution is 2.11. The monoisotopic (exact) mass is 219 g/mol. The zero-order valence-electron chi connectivity index (χ0n) is 9.18. The maximum absolute atomic E-state index is 11.3. The molecule has 1 aromatic carbocycles. The summed E-state index contributed by atoms with van der Waals surface area (Å²) < 4.78 is 0. The van der Waals surface area contributed by atoms with Gasteiger partial charge in [-0.15, -0.1) is 0 Å². The topological polar surface area (TPSA) is 70.9 Å². The fraction of sp³-hybridized carbons (Fsp3) is 0.273. The first-order valence-electron chi connectivity index (χ1n) is 4.83. The lowest BCUT2D eigenvalue weighted by Crippen LogP contribution is -2.35. The number of azo groups is 1. The summed E-state index contributed by atoms with van der Waals surface area (Å²) in [4.78, 5) is 22.4. The molecule has 1 N–H and O–H groups in total. The maximum atomic E-state index is 11.3. The van der Waals surface area contributed by atoms with Gasteiger partial charge in [-0.1, -0.05) is 18.2 Å². The molecular weight excluding hydrogens is 206 g/mol. The van der Waals surface area contributed by atoms with E-state index in [1.807, 2.05) is 6.07 Å². The molecule has 5 nitrogen and oxygen atoms in total. The van der Waals surface area contributed by atoms with Crippen LogP contribution in [0.3, 0.4) is 0 Å². The lowest BCUT2D eigenvalue weighted by Gasteiger charge is -2.04. The quantitative estimate of drug-likeness (QED) is 0.615. The van der Waals surface area contributed by atoms with Crippen LogP contribution in [-0.2, 0) is 9.59 Å². The SMILES string of the molecule is CNC(=O)C(N=Nc1ccccc1)C(C)=O. The van der Waals surface area contributed by atoms with Crippen molar-refractivity contribution in [1.29, 1.82) is 0 Å². The summed E-state index contributed by atoms with van der Waals surface area (Å²) in [7, 11) is 1.45. The highest BCUT2D eigenvalue weighted by molar-refractivity contribution is 6.04. The van der Waals surface area contributed by atoms with Gasteiger partial charge >= 0.3 is 0 Å². The number of amides is 1. The lowest BCUT2D eigenvalue weighted by atomic mass is 10.2. The minimum Gasteiger partial charge on any atom is -0.357 e. The van der Waals surface area contributed by atoms with Crippen molar-refractivity contribution in [3.63, 3.8) is 0 Å². The van der Waals surface area contributed by atoms with Gasteiger partial charge in [0.1, 0.15) is 0 Å². The van der Waals surface area contributed by atoms with E-state index in [0.717, 1.165) is 0 Å². The Morgan fingerprint density at radius 3 is 2.38 bits per heavy atom. The second kappa shape index (κ2) is 5.75. The molecule has 1 unspecified atom stereocenters. The largest absolute Gasteiger partial charge is 0.357 e. The van der Waals surface area contributed by atoms with E-state index in [4.69, 9.17) is 0 Å². The average molecular weight is 219 g/mol. The van der Waals surface area contributed by atoms with Crippen LogP contribution in [0.5, 0.6) is 0 Å². The van der Waals surface area contributed by atoms with Gasteiger partial charge < -0.3 is 5.32 Å². The van der Waals surface area contributed by atoms with Gasteiger partial charge in [0.2, 0.25) is 6.04 Å². The third kappa shape index (κ3) is 3.27. The van der Waals surface area contributed by atoms with Crippen LogP contribution in [0.25, 0.3) is 0 Å². The predicted molar refractivity (Wildman–Crippen MR) is 59.5 cm³/mol. The molecule has 0 saturated heterocycles. The van der Waals surface area contributed by atoms with Crippen LogP contribution in [0.4, 0.5) is 5.69 Å². The molecule has 1 rings (SSSR count). The van der Waals surface area contributed by atoms with Crippen LogP contribution in [0.1, 0.15) is 6.92 Å². The standard InChI is InChI=1S/C11H13N3O2/c1-8(15)10(11(16)12-2)14-13-9-6-4-3-5-7-9/h3-7,10H,1-2H3,(H,12,16). The number of carbonyl (C=O) groups excluding carboxylic acids is 2. The summed E-state index contributed by atoms with van der Waals surface area (Å²) in [5, 5.41) is 9.94. The van der Waals surface area contributed by atoms with Crippen molar-refractivity contribution in [3.8, 4) is 0 Å². The van der Waals surface area contributed by atoms with Crippen LogP contribution >= 0.6 is 0 Å². The Morgan fingerprint density at radius 1 is 1.25 bits per heavy atom. The summed E-state index contributed by atoms with van der Waals surface area (Å²) in [6.07, 6.45) is 0. The molecule has 0 aromatic heterocycles. The van der Waals surface area contributed by atoms with Gasteiger partial charge in [-0.05, 0) is 19.1 Å². The van der Waals surface area contributed by atoms with E-state index in [1.54, 1.807) is 24.3 Å². The van der Waals surface area contributed by atoms with E-state index in [0.29, 0.717) is 5.69 Å². The van der Waals surface area contributed by atoms with Crippen LogP contribution in [0.2, 0.25) is 0 Å². The predicted octanol–water partition coefficient (Wildman–Crippen LogP) is 1.47. The number of nitrogens with one attached hydrogen (secondary N) is 1. The molecule has 0 aliphatic carbocycles. The number of hydrogen-bond donors (Lipinski definition) is 1. The van der Waals surface area contributed by atoms with E-state index in [9.17, 15) is 9.59 Å². The fourth-order valence-electron chi connectivity index (χ4n) is 1.07. The third-order valence-corrected chi connectivity index (χ3v) is 1.92. The van der Waals surface area contributed by atoms with Gasteiger partial charge in [0, 0.05) is 7.05 Å². The van der Waals surface area contributed by atoms with Crippen molar-refractivity contribution in [2.24, 2.45) is 10.2 Å². The van der Waals surface area contributed by atoms with Gasteiger partial charge in [-0.2, -0.15) is 10.2 Å². The molecule has 0 spiro atoms. The number of rotatable bonds is 4. The molecule has 0 bridgehead atoms. The summed E-state index contributed by atoms with van der Waals surface area (Å²) in [5.41, 5.74) is 0.609. The van der Waals surface area contributed by atoms with E-state index in [-0.39, 0.29) is 5.78 Å². The van der Waals surface area contributed by atoms with Crippen LogP contribution in [0, 0.1) is 0 Å². The highest BCUT2D eigenvalue weighted by atomic mass is 16.2. The first-order chi connectivity index (χ1) is 7.65. The van der Waals surface area contributed by atoms with E-state index < -0.39 is 11.9 Å². The smallest absolute Gasteiger partial charge is 0.254 e. The Morgan fingerprint density at radius 2 is 1.88 bits per heavy atom. The maximum Gasteiger partial charge on any atom is 0.254 e. The minimum atomic E-state index is -1.06. The normalized spacial score (nSPS) is 12.4. The van der Waals surface area contributed by atoms with Crippen molar-refractivity contribution < 1.29 is 9.59 Å². The fourth-order valence-corrected chi connectivity index (χ4v) is 1.07. The van der Waals surface area contributed by atoms with Crippen molar-refractivity contribution in [1.82, 2.24) is 5.32 Å². The summed E-state index contributed by atoms with van der Waals surface area (Å²) >= 11 is 0. The number of carbonyl (C=O) groups is 2. The second-order valence-corrected chi connectivity index (χ2v) is 3.18. The van der Waals surface area contributed by atoms with Gasteiger partial charge in [-0.25, -0.2) is 0 Å². The number of nitrogens with zero attached hydrogens (tertiary/aromatic N) is 2. The van der Waals surface area contributed by atoms with Crippen molar-refractivity contribution in [2.45, 2.75) is 13.0 Å². The zero-order chi connectivity index (χ0) is 12.0. The Bertz CT molecular complexity index is 401. The van der Waals surface area contributed by atoms with Gasteiger partial charge in [0.15, 0.2) is 5.78 Å². The molecule has 0 radical (unpaired) electrons. The van der Waals surface area contributed by atoms with Crippen molar-refractivity contribution in [3.05, 3.63) is 30.3 Å². The summed E-state index contributed by atoms with van der Waals surface area (Å²) in [6.45, 7) is 1.31. The number of likely N-dealkylation sites (N-methyl/N-ethyl adjacent to an activating group) is 1. The molecule has 0 saturated carbocycles. The summed E-state index contributed by atoms with van der Waals surface area (Å²) in [6, 6.07) is 7.87. The molecule has 1 amide bonds. The molecule has 16 heavy (non-hydrogen) atoms. The number of ketones is 1. The first kappa shape index (κ1) is 12.0. The summed E-state index contributed by atoms with van der Waals surface area (Å²) in [5.74, 6) is -0.786. The lowest BCUT2D eigenvalue weighted by molar-refractivity contribution is -0.128. The molecule has 1 atom stereocenters. The van der Waals surface area contributed by atoms with Crippen molar-refractivity contribution in [2.75, 3.05) is 7.05 Å². The molecule has 0 aliphatic rings. The number of benzene rings is 1. The molecule has 0 aliphatic heterocycles. The highest BCUT2D eigenvalue weighted by Gasteiger charge is 2.21. The molecule has 1 aromatic rings.